The van der Waals surface area contributed by atoms with Crippen LogP contribution < -0.4 is 0 Å². The second-order valence-electron chi connectivity index (χ2n) is 2.92. The molecule has 1 heterocycles. The van der Waals surface area contributed by atoms with Crippen molar-refractivity contribution in [3.05, 3.63) is 4.91 Å². The largest absolute Gasteiger partial charge is 0.379 e. The zero-order valence-electron chi connectivity index (χ0n) is 7.40. The Hall–Kier alpha value is -0.680. The topological polar surface area (TPSA) is 45.1 Å². The zero-order chi connectivity index (χ0) is 8.81. The fourth-order valence-electron chi connectivity index (χ4n) is 1.15. The summed E-state index contributed by atoms with van der Waals surface area (Å²) in [6.07, 6.45) is 0. The van der Waals surface area contributed by atoms with Crippen molar-refractivity contribution in [1.82, 2.24) is 9.91 Å². The summed E-state index contributed by atoms with van der Waals surface area (Å²) >= 11 is 0. The molecule has 1 rings (SSSR count). The van der Waals surface area contributed by atoms with Gasteiger partial charge in [0, 0.05) is 26.7 Å². The van der Waals surface area contributed by atoms with Crippen LogP contribution in [0.2, 0.25) is 0 Å². The van der Waals surface area contributed by atoms with Crippen LogP contribution in [-0.4, -0.2) is 56.3 Å². The molecule has 5 heteroatoms. The maximum atomic E-state index is 10.0. The Morgan fingerprint density at radius 2 is 2.17 bits per heavy atom. The summed E-state index contributed by atoms with van der Waals surface area (Å²) in [7, 11) is 1.69. The molecule has 0 spiro atoms. The maximum Gasteiger partial charge on any atom is 0.0594 e. The number of hydrogen-bond acceptors (Lipinski definition) is 4. The second-order valence-corrected chi connectivity index (χ2v) is 2.92. The summed E-state index contributed by atoms with van der Waals surface area (Å²) in [5.74, 6) is 0. The molecule has 0 aromatic heterocycles. The molecule has 5 nitrogen and oxygen atoms in total. The van der Waals surface area contributed by atoms with Crippen molar-refractivity contribution in [2.45, 2.75) is 0 Å². The minimum absolute atomic E-state index is 0.698. The highest BCUT2D eigenvalue weighted by Gasteiger charge is 2.09. The van der Waals surface area contributed by atoms with Gasteiger partial charge in [-0.1, -0.05) is 0 Å². The quantitative estimate of drug-likeness (QED) is 0.441. The number of nitrogens with zero attached hydrogens (tertiary/aromatic N) is 3. The van der Waals surface area contributed by atoms with E-state index < -0.39 is 0 Å². The van der Waals surface area contributed by atoms with Gasteiger partial charge in [0.05, 0.1) is 25.0 Å². The zero-order valence-corrected chi connectivity index (χ0v) is 7.40. The predicted molar refractivity (Wildman–Crippen MR) is 45.7 cm³/mol. The van der Waals surface area contributed by atoms with Gasteiger partial charge in [-0.15, -0.1) is 4.91 Å². The average molecular weight is 173 g/mol. The van der Waals surface area contributed by atoms with Crippen molar-refractivity contribution < 1.29 is 4.74 Å². The number of nitroso groups, excluding NO2 is 1. The molecule has 0 saturated carbocycles. The van der Waals surface area contributed by atoms with E-state index in [0.717, 1.165) is 32.8 Å². The summed E-state index contributed by atoms with van der Waals surface area (Å²) in [4.78, 5) is 12.3. The number of rotatable bonds is 4. The molecule has 1 fully saturated rings. The van der Waals surface area contributed by atoms with Crippen LogP contribution in [0.1, 0.15) is 0 Å². The number of ether oxygens (including phenoxy) is 1. The Bertz CT molecular complexity index is 137. The molecule has 1 aliphatic heterocycles. The first-order valence-electron chi connectivity index (χ1n) is 4.17. The van der Waals surface area contributed by atoms with E-state index in [1.807, 2.05) is 0 Å². The van der Waals surface area contributed by atoms with Crippen molar-refractivity contribution in [2.75, 3.05) is 46.4 Å². The monoisotopic (exact) mass is 173 g/mol. The van der Waals surface area contributed by atoms with Crippen LogP contribution in [0.5, 0.6) is 0 Å². The first kappa shape index (κ1) is 9.41. The van der Waals surface area contributed by atoms with Crippen LogP contribution in [0.4, 0.5) is 0 Å². The lowest BCUT2D eigenvalue weighted by atomic mass is 10.4. The summed E-state index contributed by atoms with van der Waals surface area (Å²) in [5.41, 5.74) is 0. The molecule has 12 heavy (non-hydrogen) atoms. The minimum atomic E-state index is 0.698. The van der Waals surface area contributed by atoms with Crippen LogP contribution >= 0.6 is 0 Å². The molecule has 70 valence electrons. The molecule has 0 aliphatic carbocycles. The van der Waals surface area contributed by atoms with Crippen molar-refractivity contribution in [1.29, 1.82) is 0 Å². The van der Waals surface area contributed by atoms with E-state index in [0.29, 0.717) is 6.54 Å². The van der Waals surface area contributed by atoms with Crippen molar-refractivity contribution >= 4 is 0 Å². The lowest BCUT2D eigenvalue weighted by Gasteiger charge is -2.27. The van der Waals surface area contributed by atoms with Gasteiger partial charge >= 0.3 is 0 Å². The molecular weight excluding hydrogens is 158 g/mol. The third-order valence-corrected chi connectivity index (χ3v) is 1.98. The van der Waals surface area contributed by atoms with Gasteiger partial charge in [0.25, 0.3) is 0 Å². The summed E-state index contributed by atoms with van der Waals surface area (Å²) in [6.45, 7) is 5.13. The average Bonchev–Trinajstić information content (AvgIpc) is 2.16. The fraction of sp³-hybridized carbons (Fsp3) is 1.00. The van der Waals surface area contributed by atoms with Crippen LogP contribution in [0.3, 0.4) is 0 Å². The lowest BCUT2D eigenvalue weighted by Crippen LogP contribution is -2.39. The SMILES string of the molecule is CN(CCN1CCOCC1)N=O. The predicted octanol–water partition coefficient (Wildman–Crippen LogP) is -0.0682. The van der Waals surface area contributed by atoms with Crippen LogP contribution in [0.25, 0.3) is 0 Å². The normalized spacial score (nSPS) is 19.1. The van der Waals surface area contributed by atoms with Gasteiger partial charge in [-0.3, -0.25) is 9.91 Å². The Balaban J connectivity index is 2.08. The fourth-order valence-corrected chi connectivity index (χ4v) is 1.15. The van der Waals surface area contributed by atoms with E-state index in [1.165, 1.54) is 5.01 Å². The lowest BCUT2D eigenvalue weighted by molar-refractivity contribution is 0.0345. The summed E-state index contributed by atoms with van der Waals surface area (Å²) < 4.78 is 5.19. The van der Waals surface area contributed by atoms with Gasteiger partial charge in [0.1, 0.15) is 0 Å². The Labute approximate surface area is 72.2 Å². The molecule has 0 atom stereocenters. The molecule has 1 aliphatic rings. The van der Waals surface area contributed by atoms with Crippen molar-refractivity contribution in [3.8, 4) is 0 Å². The Morgan fingerprint density at radius 3 is 2.75 bits per heavy atom. The summed E-state index contributed by atoms with van der Waals surface area (Å²) in [6, 6.07) is 0. The second kappa shape index (κ2) is 5.05. The van der Waals surface area contributed by atoms with Crippen LogP contribution in [0, 0.1) is 4.91 Å². The van der Waals surface area contributed by atoms with E-state index in [-0.39, 0.29) is 0 Å². The number of morpholine rings is 1. The molecule has 0 amide bonds. The molecule has 0 bridgehead atoms. The molecule has 0 radical (unpaired) electrons. The maximum absolute atomic E-state index is 10.0. The van der Waals surface area contributed by atoms with Gasteiger partial charge in [-0.2, -0.15) is 0 Å². The van der Waals surface area contributed by atoms with E-state index in [4.69, 9.17) is 4.74 Å². The Morgan fingerprint density at radius 1 is 1.50 bits per heavy atom. The van der Waals surface area contributed by atoms with Gasteiger partial charge in [-0.25, -0.2) is 0 Å². The smallest absolute Gasteiger partial charge is 0.0594 e. The number of hydrogen-bond donors (Lipinski definition) is 0. The molecule has 0 unspecified atom stereocenters. The van der Waals surface area contributed by atoms with Gasteiger partial charge in [-0.05, 0) is 0 Å². The first-order valence-corrected chi connectivity index (χ1v) is 4.17. The third-order valence-electron chi connectivity index (χ3n) is 1.98. The van der Waals surface area contributed by atoms with Gasteiger partial charge < -0.3 is 4.74 Å². The van der Waals surface area contributed by atoms with E-state index in [9.17, 15) is 4.91 Å². The van der Waals surface area contributed by atoms with Gasteiger partial charge in [0.15, 0.2) is 0 Å². The Kier molecular flexibility index (Phi) is 3.96. The summed E-state index contributed by atoms with van der Waals surface area (Å²) in [5, 5.41) is 4.21. The third kappa shape index (κ3) is 3.15. The molecule has 1 saturated heterocycles. The van der Waals surface area contributed by atoms with Crippen LogP contribution in [-0.2, 0) is 4.74 Å². The highest BCUT2D eigenvalue weighted by atomic mass is 16.5. The molecule has 0 aromatic rings. The van der Waals surface area contributed by atoms with E-state index in [2.05, 4.69) is 10.2 Å². The van der Waals surface area contributed by atoms with Gasteiger partial charge in [0.2, 0.25) is 0 Å². The first-order chi connectivity index (χ1) is 5.83. The van der Waals surface area contributed by atoms with Crippen molar-refractivity contribution in [3.63, 3.8) is 0 Å². The molecule has 0 aromatic carbocycles. The molecular formula is C7H15N3O2. The highest BCUT2D eigenvalue weighted by Crippen LogP contribution is 1.96. The van der Waals surface area contributed by atoms with E-state index in [1.54, 1.807) is 7.05 Å². The molecule has 0 N–H and O–H groups in total. The number of likely N-dealkylation sites (N-methyl/N-ethyl adjacent to an activating group) is 1. The highest BCUT2D eigenvalue weighted by molar-refractivity contribution is 4.62. The minimum Gasteiger partial charge on any atom is -0.379 e. The van der Waals surface area contributed by atoms with E-state index >= 15 is 0 Å². The standard InChI is InChI=1S/C7H15N3O2/c1-9(8-11)2-3-10-4-6-12-7-5-10/h2-7H2,1H3. The van der Waals surface area contributed by atoms with Crippen LogP contribution in [0.15, 0.2) is 5.29 Å². The van der Waals surface area contributed by atoms with Crippen molar-refractivity contribution in [2.24, 2.45) is 5.29 Å².